The van der Waals surface area contributed by atoms with Gasteiger partial charge in [0.15, 0.2) is 0 Å². The first-order chi connectivity index (χ1) is 9.70. The number of allylic oxidation sites excluding steroid dienone is 2. The summed E-state index contributed by atoms with van der Waals surface area (Å²) in [4.78, 5) is 0. The van der Waals surface area contributed by atoms with E-state index >= 15 is 0 Å². The Kier molecular flexibility index (Phi) is 9.05. The lowest BCUT2D eigenvalue weighted by Gasteiger charge is -2.24. The van der Waals surface area contributed by atoms with Crippen molar-refractivity contribution in [2.45, 2.75) is 63.4 Å². The topological polar surface area (TPSA) is 79.2 Å². The average Bonchev–Trinajstić information content (AvgIpc) is 2.78. The van der Waals surface area contributed by atoms with E-state index < -0.39 is 24.4 Å². The molecule has 1 rings (SSSR count). The van der Waals surface area contributed by atoms with Crippen molar-refractivity contribution in [2.75, 3.05) is 19.8 Å². The van der Waals surface area contributed by atoms with Crippen LogP contribution in [0.15, 0.2) is 12.2 Å². The summed E-state index contributed by atoms with van der Waals surface area (Å²) < 4.78 is 10.8. The van der Waals surface area contributed by atoms with Crippen LogP contribution < -0.4 is 0 Å². The molecule has 1 aliphatic heterocycles. The van der Waals surface area contributed by atoms with Gasteiger partial charge in [0, 0.05) is 6.61 Å². The van der Waals surface area contributed by atoms with Crippen molar-refractivity contribution in [1.29, 1.82) is 0 Å². The molecule has 0 aromatic heterocycles. The van der Waals surface area contributed by atoms with Gasteiger partial charge in [-0.2, -0.15) is 0 Å². The number of ether oxygens (including phenoxy) is 2. The fourth-order valence-corrected chi connectivity index (χ4v) is 2.26. The van der Waals surface area contributed by atoms with Crippen LogP contribution in [0, 0.1) is 0 Å². The van der Waals surface area contributed by atoms with Crippen molar-refractivity contribution >= 4 is 0 Å². The number of hydrogen-bond donors (Lipinski definition) is 3. The van der Waals surface area contributed by atoms with Crippen LogP contribution in [0.3, 0.4) is 0 Å². The van der Waals surface area contributed by atoms with Crippen LogP contribution >= 0.6 is 0 Å². The van der Waals surface area contributed by atoms with Gasteiger partial charge in [-0.3, -0.25) is 0 Å². The minimum absolute atomic E-state index is 0.0927. The molecule has 0 radical (unpaired) electrons. The van der Waals surface area contributed by atoms with E-state index in [-0.39, 0.29) is 13.2 Å². The molecule has 20 heavy (non-hydrogen) atoms. The zero-order valence-electron chi connectivity index (χ0n) is 12.3. The van der Waals surface area contributed by atoms with Gasteiger partial charge in [0.2, 0.25) is 0 Å². The molecule has 1 heterocycles. The average molecular weight is 288 g/mol. The minimum Gasteiger partial charge on any atom is -0.394 e. The van der Waals surface area contributed by atoms with Gasteiger partial charge in [0.1, 0.15) is 24.4 Å². The van der Waals surface area contributed by atoms with Gasteiger partial charge in [0.25, 0.3) is 0 Å². The monoisotopic (exact) mass is 288 g/mol. The van der Waals surface area contributed by atoms with Gasteiger partial charge in [-0.25, -0.2) is 0 Å². The van der Waals surface area contributed by atoms with Crippen LogP contribution in [0.5, 0.6) is 0 Å². The summed E-state index contributed by atoms with van der Waals surface area (Å²) >= 11 is 0. The van der Waals surface area contributed by atoms with Crippen molar-refractivity contribution in [1.82, 2.24) is 0 Å². The third-order valence-corrected chi connectivity index (χ3v) is 3.49. The van der Waals surface area contributed by atoms with Crippen molar-refractivity contribution in [3.8, 4) is 0 Å². The predicted octanol–water partition coefficient (Wildman–Crippen LogP) is 1.01. The second kappa shape index (κ2) is 10.3. The summed E-state index contributed by atoms with van der Waals surface area (Å²) in [7, 11) is 0. The Morgan fingerprint density at radius 1 is 1.25 bits per heavy atom. The third-order valence-electron chi connectivity index (χ3n) is 3.49. The largest absolute Gasteiger partial charge is 0.394 e. The van der Waals surface area contributed by atoms with E-state index in [9.17, 15) is 15.3 Å². The molecule has 0 bridgehead atoms. The van der Waals surface area contributed by atoms with E-state index in [4.69, 9.17) is 9.47 Å². The number of rotatable bonds is 10. The van der Waals surface area contributed by atoms with Gasteiger partial charge in [-0.05, 0) is 25.7 Å². The highest BCUT2D eigenvalue weighted by molar-refractivity contribution is 4.88. The highest BCUT2D eigenvalue weighted by Crippen LogP contribution is 2.19. The Morgan fingerprint density at radius 2 is 2.05 bits per heavy atom. The maximum absolute atomic E-state index is 9.71. The van der Waals surface area contributed by atoms with Crippen LogP contribution in [-0.2, 0) is 9.47 Å². The highest BCUT2D eigenvalue weighted by Gasteiger charge is 2.40. The quantitative estimate of drug-likeness (QED) is 0.413. The number of hydrogen-bond acceptors (Lipinski definition) is 5. The van der Waals surface area contributed by atoms with Crippen molar-refractivity contribution in [3.63, 3.8) is 0 Å². The molecular weight excluding hydrogens is 260 g/mol. The summed E-state index contributed by atoms with van der Waals surface area (Å²) in [6.45, 7) is 2.53. The zero-order chi connectivity index (χ0) is 14.8. The second-order valence-electron chi connectivity index (χ2n) is 5.18. The lowest BCUT2D eigenvalue weighted by molar-refractivity contribution is -0.101. The zero-order valence-corrected chi connectivity index (χ0v) is 12.3. The molecule has 1 aliphatic rings. The van der Waals surface area contributed by atoms with Crippen LogP contribution in [0.25, 0.3) is 0 Å². The second-order valence-corrected chi connectivity index (χ2v) is 5.18. The number of unbranched alkanes of at least 4 members (excludes halogenated alkanes) is 3. The minimum atomic E-state index is -0.980. The van der Waals surface area contributed by atoms with E-state index in [1.165, 1.54) is 0 Å². The Morgan fingerprint density at radius 3 is 2.65 bits per heavy atom. The molecule has 4 atom stereocenters. The molecule has 118 valence electrons. The molecule has 0 aliphatic carbocycles. The van der Waals surface area contributed by atoms with E-state index in [1.54, 1.807) is 0 Å². The van der Waals surface area contributed by atoms with Crippen molar-refractivity contribution < 1.29 is 24.8 Å². The lowest BCUT2D eigenvalue weighted by Crippen LogP contribution is -2.42. The van der Waals surface area contributed by atoms with Crippen LogP contribution in [0.4, 0.5) is 0 Å². The van der Waals surface area contributed by atoms with Crippen LogP contribution in [0.2, 0.25) is 0 Å². The smallest absolute Gasteiger partial charge is 0.114 e. The lowest BCUT2D eigenvalue weighted by atomic mass is 10.1. The molecule has 1 fully saturated rings. The van der Waals surface area contributed by atoms with Crippen LogP contribution in [0.1, 0.15) is 39.0 Å². The SMILES string of the molecule is CC/C=C/CCCCCO[C@@H](CO)[C@H]1OC[C@@H](O)[C@H]1O. The normalized spacial score (nSPS) is 28.3. The standard InChI is InChI=1S/C15H28O5/c1-2-3-4-5-6-7-8-9-19-13(10-16)15-14(18)12(17)11-20-15/h3-4,12-18H,2,5-11H2,1H3/b4-3+/t12-,13+,14-,15-/m1/s1. The van der Waals surface area contributed by atoms with Gasteiger partial charge in [-0.15, -0.1) is 0 Å². The van der Waals surface area contributed by atoms with E-state index in [1.807, 2.05) is 0 Å². The van der Waals surface area contributed by atoms with Crippen LogP contribution in [-0.4, -0.2) is 59.6 Å². The van der Waals surface area contributed by atoms with Crippen molar-refractivity contribution in [2.24, 2.45) is 0 Å². The third kappa shape index (κ3) is 5.89. The number of aliphatic hydroxyl groups is 3. The van der Waals surface area contributed by atoms with Gasteiger partial charge < -0.3 is 24.8 Å². The summed E-state index contributed by atoms with van der Waals surface area (Å²) in [5, 5.41) is 28.4. The molecule has 0 unspecified atom stereocenters. The first-order valence-corrected chi connectivity index (χ1v) is 7.55. The molecule has 1 saturated heterocycles. The fraction of sp³-hybridized carbons (Fsp3) is 0.867. The molecule has 3 N–H and O–H groups in total. The van der Waals surface area contributed by atoms with Gasteiger partial charge in [-0.1, -0.05) is 25.5 Å². The van der Waals surface area contributed by atoms with E-state index in [0.29, 0.717) is 6.61 Å². The number of aliphatic hydroxyl groups excluding tert-OH is 3. The first kappa shape index (κ1) is 17.6. The molecule has 5 heteroatoms. The van der Waals surface area contributed by atoms with Gasteiger partial charge in [0.05, 0.1) is 13.2 Å². The van der Waals surface area contributed by atoms with Gasteiger partial charge >= 0.3 is 0 Å². The summed E-state index contributed by atoms with van der Waals surface area (Å²) in [6.07, 6.45) is 6.59. The molecule has 0 aromatic rings. The summed E-state index contributed by atoms with van der Waals surface area (Å²) in [5.74, 6) is 0. The fourth-order valence-electron chi connectivity index (χ4n) is 2.26. The Bertz CT molecular complexity index is 269. The summed E-state index contributed by atoms with van der Waals surface area (Å²) in [5.41, 5.74) is 0. The summed E-state index contributed by atoms with van der Waals surface area (Å²) in [6, 6.07) is 0. The highest BCUT2D eigenvalue weighted by atomic mass is 16.6. The molecule has 0 spiro atoms. The molecule has 5 nitrogen and oxygen atoms in total. The van der Waals surface area contributed by atoms with E-state index in [2.05, 4.69) is 19.1 Å². The maximum Gasteiger partial charge on any atom is 0.114 e. The van der Waals surface area contributed by atoms with E-state index in [0.717, 1.165) is 32.1 Å². The predicted molar refractivity (Wildman–Crippen MR) is 76.5 cm³/mol. The Balaban J connectivity index is 2.11. The molecule has 0 saturated carbocycles. The Labute approximate surface area is 121 Å². The first-order valence-electron chi connectivity index (χ1n) is 7.55. The maximum atomic E-state index is 9.71. The Hall–Kier alpha value is -0.460. The molecule has 0 amide bonds. The van der Waals surface area contributed by atoms with Crippen molar-refractivity contribution in [3.05, 3.63) is 12.2 Å². The molecular formula is C15H28O5. The molecule has 0 aromatic carbocycles.